The van der Waals surface area contributed by atoms with Crippen LogP contribution in [0.25, 0.3) is 0 Å². The number of hydrogen-bond acceptors (Lipinski definition) is 3. The second kappa shape index (κ2) is 6.36. The highest BCUT2D eigenvalue weighted by Crippen LogP contribution is 2.25. The summed E-state index contributed by atoms with van der Waals surface area (Å²) in [6.45, 7) is 8.07. The Labute approximate surface area is 112 Å². The van der Waals surface area contributed by atoms with Crippen molar-refractivity contribution in [2.75, 3.05) is 26.7 Å². The molecule has 2 heterocycles. The highest BCUT2D eigenvalue weighted by atomic mass is 16.5. The molecule has 0 aromatic rings. The number of nitrogens with zero attached hydrogens (tertiary/aromatic N) is 1. The number of rotatable bonds is 5. The molecule has 18 heavy (non-hydrogen) atoms. The highest BCUT2D eigenvalue weighted by molar-refractivity contribution is 4.91. The van der Waals surface area contributed by atoms with Crippen LogP contribution in [0, 0.1) is 0 Å². The lowest BCUT2D eigenvalue weighted by atomic mass is 9.93. The monoisotopic (exact) mass is 254 g/mol. The molecule has 0 aromatic heterocycles. The Kier molecular flexibility index (Phi) is 5.05. The van der Waals surface area contributed by atoms with Crippen molar-refractivity contribution in [3.8, 4) is 0 Å². The Bertz CT molecular complexity index is 249. The quantitative estimate of drug-likeness (QED) is 0.815. The molecule has 106 valence electrons. The van der Waals surface area contributed by atoms with Gasteiger partial charge in [-0.15, -0.1) is 0 Å². The molecular weight excluding hydrogens is 224 g/mol. The molecule has 2 unspecified atom stereocenters. The fourth-order valence-corrected chi connectivity index (χ4v) is 3.30. The van der Waals surface area contributed by atoms with Gasteiger partial charge < -0.3 is 10.1 Å². The number of likely N-dealkylation sites (tertiary alicyclic amines) is 1. The predicted octanol–water partition coefficient (Wildman–Crippen LogP) is 2.41. The van der Waals surface area contributed by atoms with Crippen LogP contribution in [-0.2, 0) is 4.74 Å². The number of methoxy groups -OCH3 is 1. The first-order valence-corrected chi connectivity index (χ1v) is 7.65. The maximum Gasteiger partial charge on any atom is 0.0634 e. The minimum Gasteiger partial charge on any atom is -0.379 e. The molecule has 2 saturated heterocycles. The van der Waals surface area contributed by atoms with E-state index in [2.05, 4.69) is 24.1 Å². The molecule has 2 aliphatic rings. The van der Waals surface area contributed by atoms with Crippen molar-refractivity contribution < 1.29 is 4.74 Å². The van der Waals surface area contributed by atoms with Crippen LogP contribution >= 0.6 is 0 Å². The lowest BCUT2D eigenvalue weighted by molar-refractivity contribution is -0.00124. The van der Waals surface area contributed by atoms with Crippen LogP contribution in [0.4, 0.5) is 0 Å². The summed E-state index contributed by atoms with van der Waals surface area (Å²) in [6.07, 6.45) is 8.02. The highest BCUT2D eigenvalue weighted by Gasteiger charge is 2.32. The molecule has 3 heteroatoms. The Morgan fingerprint density at radius 2 is 2.06 bits per heavy atom. The van der Waals surface area contributed by atoms with Crippen molar-refractivity contribution in [2.45, 2.75) is 70.1 Å². The van der Waals surface area contributed by atoms with Crippen LogP contribution in [0.5, 0.6) is 0 Å². The zero-order valence-corrected chi connectivity index (χ0v) is 12.4. The Balaban J connectivity index is 1.87. The van der Waals surface area contributed by atoms with Gasteiger partial charge in [0, 0.05) is 25.7 Å². The van der Waals surface area contributed by atoms with Crippen LogP contribution in [0.2, 0.25) is 0 Å². The van der Waals surface area contributed by atoms with Crippen molar-refractivity contribution in [3.05, 3.63) is 0 Å². The molecule has 0 saturated carbocycles. The van der Waals surface area contributed by atoms with Crippen LogP contribution in [0.1, 0.15) is 52.4 Å². The number of ether oxygens (including phenoxy) is 1. The van der Waals surface area contributed by atoms with Gasteiger partial charge >= 0.3 is 0 Å². The lowest BCUT2D eigenvalue weighted by Crippen LogP contribution is -2.51. The van der Waals surface area contributed by atoms with Crippen molar-refractivity contribution in [2.24, 2.45) is 0 Å². The molecule has 0 amide bonds. The van der Waals surface area contributed by atoms with Gasteiger partial charge in [-0.3, -0.25) is 4.90 Å². The topological polar surface area (TPSA) is 24.5 Å². The van der Waals surface area contributed by atoms with E-state index in [1.165, 1.54) is 51.7 Å². The van der Waals surface area contributed by atoms with Crippen LogP contribution < -0.4 is 5.32 Å². The Hall–Kier alpha value is -0.120. The van der Waals surface area contributed by atoms with E-state index >= 15 is 0 Å². The van der Waals surface area contributed by atoms with E-state index in [0.29, 0.717) is 0 Å². The van der Waals surface area contributed by atoms with Crippen molar-refractivity contribution in [1.82, 2.24) is 10.2 Å². The standard InChI is InChI=1S/C15H30N2O/c1-15(2,18-3)9-12-17-11-5-4-8-14(17)13-7-6-10-16-13/h13-14,16H,4-12H2,1-3H3. The van der Waals surface area contributed by atoms with Gasteiger partial charge in [-0.25, -0.2) is 0 Å². The summed E-state index contributed by atoms with van der Waals surface area (Å²) in [7, 11) is 1.83. The third-order valence-electron chi connectivity index (χ3n) is 4.78. The van der Waals surface area contributed by atoms with Crippen molar-refractivity contribution in [3.63, 3.8) is 0 Å². The molecule has 0 radical (unpaired) electrons. The molecular formula is C15H30N2O. The maximum absolute atomic E-state index is 5.55. The van der Waals surface area contributed by atoms with E-state index in [1.54, 1.807) is 0 Å². The largest absolute Gasteiger partial charge is 0.379 e. The summed E-state index contributed by atoms with van der Waals surface area (Å²) in [5.74, 6) is 0. The average Bonchev–Trinajstić information content (AvgIpc) is 2.91. The number of piperidine rings is 1. The van der Waals surface area contributed by atoms with E-state index in [9.17, 15) is 0 Å². The summed E-state index contributed by atoms with van der Waals surface area (Å²) in [4.78, 5) is 2.72. The third kappa shape index (κ3) is 3.69. The van der Waals surface area contributed by atoms with Crippen LogP contribution in [0.15, 0.2) is 0 Å². The van der Waals surface area contributed by atoms with Crippen molar-refractivity contribution in [1.29, 1.82) is 0 Å². The molecule has 2 aliphatic heterocycles. The molecule has 0 spiro atoms. The number of nitrogens with one attached hydrogen (secondary N) is 1. The summed E-state index contributed by atoms with van der Waals surface area (Å²) in [5, 5.41) is 3.69. The average molecular weight is 254 g/mol. The second-order valence-electron chi connectivity index (χ2n) is 6.52. The lowest BCUT2D eigenvalue weighted by Gasteiger charge is -2.40. The van der Waals surface area contributed by atoms with E-state index < -0.39 is 0 Å². The zero-order chi connectivity index (χ0) is 13.0. The molecule has 0 aliphatic carbocycles. The van der Waals surface area contributed by atoms with E-state index in [1.807, 2.05) is 7.11 Å². The summed E-state index contributed by atoms with van der Waals surface area (Å²) in [5.41, 5.74) is 0.0190. The Morgan fingerprint density at radius 1 is 1.22 bits per heavy atom. The molecule has 2 fully saturated rings. The molecule has 0 aromatic carbocycles. The van der Waals surface area contributed by atoms with E-state index in [0.717, 1.165) is 18.5 Å². The molecule has 2 rings (SSSR count). The molecule has 1 N–H and O–H groups in total. The first-order chi connectivity index (χ1) is 8.62. The Morgan fingerprint density at radius 3 is 2.72 bits per heavy atom. The first kappa shape index (κ1) is 14.3. The van der Waals surface area contributed by atoms with E-state index in [4.69, 9.17) is 4.74 Å². The van der Waals surface area contributed by atoms with Crippen LogP contribution in [0.3, 0.4) is 0 Å². The number of hydrogen-bond donors (Lipinski definition) is 1. The summed E-state index contributed by atoms with van der Waals surface area (Å²) in [6, 6.07) is 1.52. The third-order valence-corrected chi connectivity index (χ3v) is 4.78. The maximum atomic E-state index is 5.55. The van der Waals surface area contributed by atoms with Crippen LogP contribution in [-0.4, -0.2) is 49.3 Å². The minimum atomic E-state index is 0.0190. The minimum absolute atomic E-state index is 0.0190. The fourth-order valence-electron chi connectivity index (χ4n) is 3.30. The first-order valence-electron chi connectivity index (χ1n) is 7.65. The van der Waals surface area contributed by atoms with Gasteiger partial charge in [0.25, 0.3) is 0 Å². The fraction of sp³-hybridized carbons (Fsp3) is 1.00. The van der Waals surface area contributed by atoms with Gasteiger partial charge in [-0.2, -0.15) is 0 Å². The smallest absolute Gasteiger partial charge is 0.0634 e. The molecule has 3 nitrogen and oxygen atoms in total. The van der Waals surface area contributed by atoms with Gasteiger partial charge in [-0.1, -0.05) is 6.42 Å². The normalized spacial score (nSPS) is 30.8. The van der Waals surface area contributed by atoms with Gasteiger partial charge in [0.05, 0.1) is 5.60 Å². The van der Waals surface area contributed by atoms with Gasteiger partial charge in [0.15, 0.2) is 0 Å². The zero-order valence-electron chi connectivity index (χ0n) is 12.4. The van der Waals surface area contributed by atoms with Crippen molar-refractivity contribution >= 4 is 0 Å². The van der Waals surface area contributed by atoms with Gasteiger partial charge in [-0.05, 0) is 59.0 Å². The SMILES string of the molecule is COC(C)(C)CCN1CCCCC1C1CCCN1. The second-order valence-corrected chi connectivity index (χ2v) is 6.52. The molecule has 0 bridgehead atoms. The molecule has 2 atom stereocenters. The van der Waals surface area contributed by atoms with Gasteiger partial charge in [0.2, 0.25) is 0 Å². The summed E-state index contributed by atoms with van der Waals surface area (Å²) < 4.78 is 5.55. The predicted molar refractivity (Wildman–Crippen MR) is 75.9 cm³/mol. The van der Waals surface area contributed by atoms with Gasteiger partial charge in [0.1, 0.15) is 0 Å². The van der Waals surface area contributed by atoms with E-state index in [-0.39, 0.29) is 5.60 Å². The summed E-state index contributed by atoms with van der Waals surface area (Å²) >= 11 is 0.